The maximum Gasteiger partial charge on any atom is 0.224 e. The molecule has 0 bridgehead atoms. The lowest BCUT2D eigenvalue weighted by atomic mass is 10.2. The van der Waals surface area contributed by atoms with Gasteiger partial charge in [0.1, 0.15) is 0 Å². The zero-order valence-corrected chi connectivity index (χ0v) is 10.7. The zero-order valence-electron chi connectivity index (χ0n) is 8.42. The summed E-state index contributed by atoms with van der Waals surface area (Å²) >= 11 is 18.0. The maximum atomic E-state index is 11.6. The van der Waals surface area contributed by atoms with E-state index in [1.165, 1.54) is 0 Å². The van der Waals surface area contributed by atoms with Crippen LogP contribution in [-0.2, 0) is 11.3 Å². The molecule has 1 aromatic rings. The van der Waals surface area contributed by atoms with E-state index < -0.39 is 0 Å². The van der Waals surface area contributed by atoms with Crippen molar-refractivity contribution in [3.63, 3.8) is 0 Å². The van der Waals surface area contributed by atoms with Crippen LogP contribution in [0, 0.1) is 0 Å². The number of hydrogen-bond donors (Lipinski definition) is 0. The smallest absolute Gasteiger partial charge is 0.224 e. The third kappa shape index (κ3) is 2.45. The molecule has 5 heteroatoms. The standard InChI is InChI=1S/C11H10Cl3NO/c12-7-4-11(16)15(5-7)6-8-9(13)2-1-3-10(8)14/h1-3,7H,4-6H2. The summed E-state index contributed by atoms with van der Waals surface area (Å²) in [6, 6.07) is 5.31. The molecule has 0 aromatic heterocycles. The van der Waals surface area contributed by atoms with E-state index in [1.54, 1.807) is 23.1 Å². The van der Waals surface area contributed by atoms with Crippen LogP contribution in [0.2, 0.25) is 10.0 Å². The van der Waals surface area contributed by atoms with Crippen molar-refractivity contribution in [2.75, 3.05) is 6.54 Å². The number of benzene rings is 1. The van der Waals surface area contributed by atoms with Gasteiger partial charge >= 0.3 is 0 Å². The molecule has 86 valence electrons. The minimum Gasteiger partial charge on any atom is -0.337 e. The summed E-state index contributed by atoms with van der Waals surface area (Å²) in [5.41, 5.74) is 0.782. The van der Waals surface area contributed by atoms with Crippen molar-refractivity contribution in [1.29, 1.82) is 0 Å². The van der Waals surface area contributed by atoms with Gasteiger partial charge in [-0.2, -0.15) is 0 Å². The van der Waals surface area contributed by atoms with Crippen molar-refractivity contribution in [1.82, 2.24) is 4.90 Å². The predicted molar refractivity (Wildman–Crippen MR) is 66.1 cm³/mol. The Morgan fingerprint density at radius 2 is 1.94 bits per heavy atom. The lowest BCUT2D eigenvalue weighted by Crippen LogP contribution is -2.25. The van der Waals surface area contributed by atoms with Gasteiger partial charge in [0.15, 0.2) is 0 Å². The first-order valence-electron chi connectivity index (χ1n) is 4.92. The fourth-order valence-corrected chi connectivity index (χ4v) is 2.57. The highest BCUT2D eigenvalue weighted by Gasteiger charge is 2.28. The van der Waals surface area contributed by atoms with Crippen molar-refractivity contribution >= 4 is 40.7 Å². The Hall–Kier alpha value is -0.440. The van der Waals surface area contributed by atoms with E-state index in [2.05, 4.69) is 0 Å². The second kappa shape index (κ2) is 4.82. The minimum atomic E-state index is -0.103. The van der Waals surface area contributed by atoms with E-state index >= 15 is 0 Å². The molecular weight excluding hydrogens is 268 g/mol. The first kappa shape index (κ1) is 12.0. The number of carbonyl (C=O) groups excluding carboxylic acids is 1. The summed E-state index contributed by atoms with van der Waals surface area (Å²) in [5.74, 6) is 0.0518. The Bertz CT molecular complexity index is 401. The van der Waals surface area contributed by atoms with Gasteiger partial charge in [-0.15, -0.1) is 11.6 Å². The highest BCUT2D eigenvalue weighted by atomic mass is 35.5. The van der Waals surface area contributed by atoms with E-state index in [4.69, 9.17) is 34.8 Å². The second-order valence-electron chi connectivity index (χ2n) is 3.78. The maximum absolute atomic E-state index is 11.6. The molecule has 0 aliphatic carbocycles. The second-order valence-corrected chi connectivity index (χ2v) is 5.21. The van der Waals surface area contributed by atoms with Gasteiger partial charge in [-0.05, 0) is 12.1 Å². The van der Waals surface area contributed by atoms with Crippen LogP contribution in [0.3, 0.4) is 0 Å². The van der Waals surface area contributed by atoms with Gasteiger partial charge in [0.05, 0.1) is 5.38 Å². The van der Waals surface area contributed by atoms with Crippen LogP contribution in [0.15, 0.2) is 18.2 Å². The Morgan fingerprint density at radius 1 is 1.31 bits per heavy atom. The van der Waals surface area contributed by atoms with Gasteiger partial charge in [0.2, 0.25) is 5.91 Å². The van der Waals surface area contributed by atoms with E-state index in [-0.39, 0.29) is 11.3 Å². The number of nitrogens with zero attached hydrogens (tertiary/aromatic N) is 1. The lowest BCUT2D eigenvalue weighted by molar-refractivity contribution is -0.128. The molecule has 0 spiro atoms. The number of alkyl halides is 1. The van der Waals surface area contributed by atoms with Crippen LogP contribution in [0.4, 0.5) is 0 Å². The molecule has 1 aliphatic heterocycles. The van der Waals surface area contributed by atoms with Gasteiger partial charge in [0.25, 0.3) is 0 Å². The molecule has 1 atom stereocenters. The van der Waals surface area contributed by atoms with Crippen molar-refractivity contribution in [2.45, 2.75) is 18.3 Å². The minimum absolute atomic E-state index is 0.0518. The van der Waals surface area contributed by atoms with E-state index in [1.807, 2.05) is 0 Å². The summed E-state index contributed by atoms with van der Waals surface area (Å²) in [6.07, 6.45) is 0.392. The number of carbonyl (C=O) groups is 1. The number of rotatable bonds is 2. The SMILES string of the molecule is O=C1CC(Cl)CN1Cc1c(Cl)cccc1Cl. The van der Waals surface area contributed by atoms with Gasteiger partial charge in [-0.1, -0.05) is 29.3 Å². The van der Waals surface area contributed by atoms with Crippen LogP contribution < -0.4 is 0 Å². The van der Waals surface area contributed by atoms with Crippen LogP contribution in [0.5, 0.6) is 0 Å². The number of halogens is 3. The Morgan fingerprint density at radius 3 is 2.44 bits per heavy atom. The van der Waals surface area contributed by atoms with Gasteiger partial charge in [-0.25, -0.2) is 0 Å². The quantitative estimate of drug-likeness (QED) is 0.760. The third-order valence-corrected chi connectivity index (χ3v) is 3.58. The van der Waals surface area contributed by atoms with Crippen molar-refractivity contribution < 1.29 is 4.79 Å². The summed E-state index contributed by atoms with van der Waals surface area (Å²) in [7, 11) is 0. The molecule has 1 unspecified atom stereocenters. The monoisotopic (exact) mass is 277 g/mol. The van der Waals surface area contributed by atoms with Gasteiger partial charge in [-0.3, -0.25) is 4.79 Å². The number of amides is 1. The summed E-state index contributed by atoms with van der Waals surface area (Å²) in [4.78, 5) is 13.3. The topological polar surface area (TPSA) is 20.3 Å². The molecule has 1 amide bonds. The van der Waals surface area contributed by atoms with E-state index in [0.717, 1.165) is 5.56 Å². The van der Waals surface area contributed by atoms with Crippen molar-refractivity contribution in [3.8, 4) is 0 Å². The Kier molecular flexibility index (Phi) is 3.63. The molecule has 1 aliphatic rings. The lowest BCUT2D eigenvalue weighted by Gasteiger charge is -2.17. The molecule has 2 rings (SSSR count). The van der Waals surface area contributed by atoms with Crippen LogP contribution in [0.25, 0.3) is 0 Å². The molecule has 0 radical (unpaired) electrons. The van der Waals surface area contributed by atoms with Gasteiger partial charge in [0, 0.05) is 35.1 Å². The summed E-state index contributed by atoms with van der Waals surface area (Å²) in [6.45, 7) is 0.989. The molecule has 1 heterocycles. The molecular formula is C11H10Cl3NO. The normalized spacial score (nSPS) is 20.6. The number of hydrogen-bond acceptors (Lipinski definition) is 1. The van der Waals surface area contributed by atoms with E-state index in [0.29, 0.717) is 29.6 Å². The van der Waals surface area contributed by atoms with Crippen LogP contribution in [0.1, 0.15) is 12.0 Å². The van der Waals surface area contributed by atoms with Gasteiger partial charge < -0.3 is 4.90 Å². The zero-order chi connectivity index (χ0) is 11.7. The third-order valence-electron chi connectivity index (χ3n) is 2.58. The summed E-state index contributed by atoms with van der Waals surface area (Å²) in [5, 5.41) is 1.06. The highest BCUT2D eigenvalue weighted by Crippen LogP contribution is 2.28. The van der Waals surface area contributed by atoms with Crippen LogP contribution >= 0.6 is 34.8 Å². The molecule has 16 heavy (non-hydrogen) atoms. The first-order chi connectivity index (χ1) is 7.58. The fraction of sp³-hybridized carbons (Fsp3) is 0.364. The van der Waals surface area contributed by atoms with Crippen LogP contribution in [-0.4, -0.2) is 22.7 Å². The number of likely N-dealkylation sites (tertiary alicyclic amines) is 1. The largest absolute Gasteiger partial charge is 0.337 e. The van der Waals surface area contributed by atoms with Crippen molar-refractivity contribution in [2.24, 2.45) is 0 Å². The first-order valence-corrected chi connectivity index (χ1v) is 6.12. The highest BCUT2D eigenvalue weighted by molar-refractivity contribution is 6.36. The molecule has 1 saturated heterocycles. The molecule has 1 aromatic carbocycles. The molecule has 0 N–H and O–H groups in total. The predicted octanol–water partition coefficient (Wildman–Crippen LogP) is 3.33. The van der Waals surface area contributed by atoms with E-state index in [9.17, 15) is 4.79 Å². The Balaban J connectivity index is 2.18. The molecule has 0 saturated carbocycles. The molecule has 2 nitrogen and oxygen atoms in total. The van der Waals surface area contributed by atoms with Crippen molar-refractivity contribution in [3.05, 3.63) is 33.8 Å². The average molecular weight is 279 g/mol. The fourth-order valence-electron chi connectivity index (χ4n) is 1.75. The molecule has 1 fully saturated rings. The summed E-state index contributed by atoms with van der Waals surface area (Å²) < 4.78 is 0. The average Bonchev–Trinajstić information content (AvgIpc) is 2.51. The Labute approximate surface area is 109 Å².